The minimum atomic E-state index is 0.0252. The van der Waals surface area contributed by atoms with Crippen molar-refractivity contribution in [2.24, 2.45) is 24.6 Å². The van der Waals surface area contributed by atoms with Crippen molar-refractivity contribution < 1.29 is 9.53 Å². The zero-order valence-corrected chi connectivity index (χ0v) is 26.2. The lowest BCUT2D eigenvalue weighted by atomic mass is 10.1. The molecule has 2 bridgehead atoms. The first-order valence-corrected chi connectivity index (χ1v) is 16.4. The third-order valence-electron chi connectivity index (χ3n) is 10.4. The highest BCUT2D eigenvalue weighted by Gasteiger charge is 2.47. The number of benzene rings is 3. The number of hydrogen-bond donors (Lipinski definition) is 1. The molecule has 1 aliphatic heterocycles. The number of ether oxygens (including phenoxy) is 1. The fourth-order valence-corrected chi connectivity index (χ4v) is 7.71. The highest BCUT2D eigenvalue weighted by Crippen LogP contribution is 2.40. The van der Waals surface area contributed by atoms with E-state index >= 15 is 0 Å². The van der Waals surface area contributed by atoms with Crippen LogP contribution in [0.1, 0.15) is 53.6 Å². The Hall–Kier alpha value is -4.36. The molecule has 2 N–H and O–H groups in total. The Balaban J connectivity index is 1.14. The summed E-state index contributed by atoms with van der Waals surface area (Å²) in [6.07, 6.45) is 11.2. The highest BCUT2D eigenvalue weighted by molar-refractivity contribution is 6.00. The number of piperidine rings is 1. The minimum Gasteiger partial charge on any atom is -0.494 e. The molecule has 0 radical (unpaired) electrons. The Labute approximate surface area is 264 Å². The summed E-state index contributed by atoms with van der Waals surface area (Å²) in [6, 6.07) is 23.7. The summed E-state index contributed by atoms with van der Waals surface area (Å²) in [5, 5.41) is 1.21. The normalized spacial score (nSPS) is 21.1. The second-order valence-corrected chi connectivity index (χ2v) is 13.3. The Bertz CT molecular complexity index is 1930. The first kappa shape index (κ1) is 28.1. The molecule has 7 heteroatoms. The summed E-state index contributed by atoms with van der Waals surface area (Å²) in [5.41, 5.74) is 13.6. The van der Waals surface area contributed by atoms with Gasteiger partial charge in [-0.1, -0.05) is 48.6 Å². The molecule has 2 aliphatic carbocycles. The number of nitrogens with two attached hydrogens (primary N) is 1. The lowest BCUT2D eigenvalue weighted by Gasteiger charge is -2.27. The average molecular weight is 600 g/mol. The molecule has 3 heterocycles. The maximum Gasteiger partial charge on any atom is 0.254 e. The highest BCUT2D eigenvalue weighted by atomic mass is 16.5. The predicted molar refractivity (Wildman–Crippen MR) is 180 cm³/mol. The molecule has 3 atom stereocenters. The van der Waals surface area contributed by atoms with Gasteiger partial charge in [0.15, 0.2) is 5.82 Å². The van der Waals surface area contributed by atoms with Crippen LogP contribution in [0.3, 0.4) is 0 Å². The Kier molecular flexibility index (Phi) is 7.01. The average Bonchev–Trinajstić information content (AvgIpc) is 3.47. The molecule has 2 saturated carbocycles. The largest absolute Gasteiger partial charge is 0.494 e. The molecular weight excluding hydrogens is 558 g/mol. The number of aryl methyl sites for hydroxylation is 2. The third kappa shape index (κ3) is 5.03. The number of imidazole rings is 1. The number of allylic oxidation sites excluding steroid dienone is 1. The molecule has 2 aromatic heterocycles. The quantitative estimate of drug-likeness (QED) is 0.202. The second-order valence-electron chi connectivity index (χ2n) is 13.3. The van der Waals surface area contributed by atoms with Crippen LogP contribution in [0.15, 0.2) is 72.8 Å². The van der Waals surface area contributed by atoms with E-state index in [1.54, 1.807) is 7.11 Å². The van der Waals surface area contributed by atoms with Crippen molar-refractivity contribution in [3.63, 3.8) is 0 Å². The van der Waals surface area contributed by atoms with Crippen LogP contribution in [-0.2, 0) is 20.0 Å². The second kappa shape index (κ2) is 11.2. The summed E-state index contributed by atoms with van der Waals surface area (Å²) in [7, 11) is 3.72. The fourth-order valence-electron chi connectivity index (χ4n) is 7.71. The van der Waals surface area contributed by atoms with Gasteiger partial charge in [-0.2, -0.15) is 0 Å². The molecule has 45 heavy (non-hydrogen) atoms. The molecule has 5 aromatic rings. The number of likely N-dealkylation sites (tertiary alicyclic amines) is 1. The van der Waals surface area contributed by atoms with Crippen LogP contribution in [-0.4, -0.2) is 50.7 Å². The van der Waals surface area contributed by atoms with Gasteiger partial charge in [0.25, 0.3) is 5.91 Å². The van der Waals surface area contributed by atoms with Gasteiger partial charge in [0.2, 0.25) is 0 Å². The molecule has 1 saturated heterocycles. The van der Waals surface area contributed by atoms with Gasteiger partial charge < -0.3 is 24.5 Å². The summed E-state index contributed by atoms with van der Waals surface area (Å²) in [4.78, 5) is 20.9. The van der Waals surface area contributed by atoms with Gasteiger partial charge in [0, 0.05) is 48.7 Å². The van der Waals surface area contributed by atoms with Crippen LogP contribution in [0.5, 0.6) is 5.75 Å². The molecule has 230 valence electrons. The fraction of sp³-hybridized carbons (Fsp3) is 0.368. The van der Waals surface area contributed by atoms with Crippen LogP contribution in [0.25, 0.3) is 39.5 Å². The Morgan fingerprint density at radius 3 is 2.62 bits per heavy atom. The number of nitrogens with zero attached hydrogens (tertiary/aromatic N) is 4. The molecule has 8 rings (SSSR count). The lowest BCUT2D eigenvalue weighted by Crippen LogP contribution is -2.41. The molecule has 3 aromatic carbocycles. The van der Waals surface area contributed by atoms with Gasteiger partial charge >= 0.3 is 0 Å². The summed E-state index contributed by atoms with van der Waals surface area (Å²) in [6.45, 7) is 1.72. The van der Waals surface area contributed by atoms with Crippen LogP contribution in [0.4, 0.5) is 0 Å². The molecule has 3 aliphatic rings. The van der Waals surface area contributed by atoms with E-state index in [0.29, 0.717) is 23.1 Å². The third-order valence-corrected chi connectivity index (χ3v) is 10.4. The van der Waals surface area contributed by atoms with Crippen molar-refractivity contribution in [1.29, 1.82) is 0 Å². The standard InChI is InChI=1S/C38H41N5O2/c1-41-36-30(19-29(21-34(36)45-2)38(44)43-23-27-15-17-32(43)35(27)39)40-37(41)33-20-28-18-25(11-7-6-10-24-8-4-3-5-9-24)14-16-31(28)42(33)22-26-12-13-26/h3-5,7-9,11,14,16,18-21,26-27,32,35H,6,10,12-13,15,17,22-23,39H2,1-2H3/b11-7+/t27-,32?,35-/m1/s1. The van der Waals surface area contributed by atoms with E-state index < -0.39 is 0 Å². The summed E-state index contributed by atoms with van der Waals surface area (Å²) >= 11 is 0. The van der Waals surface area contributed by atoms with Crippen molar-refractivity contribution in [3.8, 4) is 17.3 Å². The van der Waals surface area contributed by atoms with E-state index in [4.69, 9.17) is 15.5 Å². The van der Waals surface area contributed by atoms with E-state index in [0.717, 1.165) is 61.3 Å². The van der Waals surface area contributed by atoms with Crippen molar-refractivity contribution >= 4 is 33.9 Å². The number of rotatable bonds is 9. The Morgan fingerprint density at radius 1 is 1.04 bits per heavy atom. The van der Waals surface area contributed by atoms with Gasteiger partial charge in [-0.15, -0.1) is 0 Å². The van der Waals surface area contributed by atoms with Gasteiger partial charge in [-0.3, -0.25) is 4.79 Å². The summed E-state index contributed by atoms with van der Waals surface area (Å²) < 4.78 is 10.4. The zero-order chi connectivity index (χ0) is 30.7. The van der Waals surface area contributed by atoms with Gasteiger partial charge in [0.1, 0.15) is 11.3 Å². The molecule has 7 nitrogen and oxygen atoms in total. The van der Waals surface area contributed by atoms with Gasteiger partial charge in [-0.05, 0) is 91.8 Å². The van der Waals surface area contributed by atoms with E-state index in [1.807, 2.05) is 24.1 Å². The number of carbonyl (C=O) groups excluding carboxylic acids is 1. The smallest absolute Gasteiger partial charge is 0.254 e. The SMILES string of the molecule is COc1cc(C(=O)N2C[C@H]3CCC2[C@@H]3N)cc2nc(-c3cc4cc(/C=C/CCc5ccccc5)ccc4n3CC3CC3)n(C)c12. The number of amides is 1. The minimum absolute atomic E-state index is 0.0252. The van der Waals surface area contributed by atoms with Crippen LogP contribution in [0.2, 0.25) is 0 Å². The van der Waals surface area contributed by atoms with E-state index in [1.165, 1.54) is 34.9 Å². The summed E-state index contributed by atoms with van der Waals surface area (Å²) in [5.74, 6) is 2.68. The first-order valence-electron chi connectivity index (χ1n) is 16.4. The van der Waals surface area contributed by atoms with Crippen molar-refractivity contribution in [2.75, 3.05) is 13.7 Å². The van der Waals surface area contributed by atoms with Gasteiger partial charge in [0.05, 0.1) is 18.3 Å². The molecule has 3 fully saturated rings. The molecular formula is C38H41N5O2. The predicted octanol–water partition coefficient (Wildman–Crippen LogP) is 6.82. The number of fused-ring (bicyclic) bond motifs is 4. The number of hydrogen-bond acceptors (Lipinski definition) is 4. The number of aromatic nitrogens is 3. The maximum absolute atomic E-state index is 13.7. The van der Waals surface area contributed by atoms with Crippen LogP contribution in [0, 0.1) is 11.8 Å². The van der Waals surface area contributed by atoms with E-state index in [-0.39, 0.29) is 18.0 Å². The zero-order valence-electron chi connectivity index (χ0n) is 26.2. The molecule has 1 unspecified atom stereocenters. The van der Waals surface area contributed by atoms with Crippen LogP contribution >= 0.6 is 0 Å². The van der Waals surface area contributed by atoms with E-state index in [2.05, 4.69) is 75.9 Å². The topological polar surface area (TPSA) is 78.3 Å². The van der Waals surface area contributed by atoms with Crippen molar-refractivity contribution in [1.82, 2.24) is 19.0 Å². The van der Waals surface area contributed by atoms with Crippen molar-refractivity contribution in [2.45, 2.75) is 57.2 Å². The van der Waals surface area contributed by atoms with Crippen molar-refractivity contribution in [3.05, 3.63) is 89.5 Å². The number of methoxy groups -OCH3 is 1. The maximum atomic E-state index is 13.7. The Morgan fingerprint density at radius 2 is 1.89 bits per heavy atom. The van der Waals surface area contributed by atoms with E-state index in [9.17, 15) is 4.79 Å². The lowest BCUT2D eigenvalue weighted by molar-refractivity contribution is 0.0700. The monoisotopic (exact) mass is 599 g/mol. The van der Waals surface area contributed by atoms with Gasteiger partial charge in [-0.25, -0.2) is 4.98 Å². The van der Waals surface area contributed by atoms with Crippen LogP contribution < -0.4 is 10.5 Å². The molecule has 1 amide bonds. The number of carbonyl (C=O) groups is 1. The first-order chi connectivity index (χ1) is 22.0. The molecule has 0 spiro atoms.